The van der Waals surface area contributed by atoms with Crippen molar-refractivity contribution in [1.29, 1.82) is 0 Å². The van der Waals surface area contributed by atoms with Crippen LogP contribution in [-0.4, -0.2) is 30.8 Å². The maximum absolute atomic E-state index is 13.2. The van der Waals surface area contributed by atoms with Gasteiger partial charge in [0.15, 0.2) is 0 Å². The van der Waals surface area contributed by atoms with Gasteiger partial charge in [0.25, 0.3) is 5.91 Å². The number of rotatable bonds is 2. The second-order valence-corrected chi connectivity index (χ2v) is 6.87. The van der Waals surface area contributed by atoms with Crippen LogP contribution in [0.15, 0.2) is 59.6 Å². The first-order valence-corrected chi connectivity index (χ1v) is 9.21. The van der Waals surface area contributed by atoms with Gasteiger partial charge >= 0.3 is 0 Å². The molecule has 2 aliphatic heterocycles. The molecule has 2 aromatic rings. The summed E-state index contributed by atoms with van der Waals surface area (Å²) in [5, 5.41) is 3.12. The highest BCUT2D eigenvalue weighted by Gasteiger charge is 2.37. The summed E-state index contributed by atoms with van der Waals surface area (Å²) in [6.45, 7) is 2.06. The predicted molar refractivity (Wildman–Crippen MR) is 101 cm³/mol. The minimum Gasteiger partial charge on any atom is -0.320 e. The van der Waals surface area contributed by atoms with E-state index in [-0.39, 0.29) is 11.9 Å². The molecule has 0 radical (unpaired) electrons. The van der Waals surface area contributed by atoms with Crippen LogP contribution in [0.4, 0.5) is 11.4 Å². The summed E-state index contributed by atoms with van der Waals surface area (Å²) in [6.07, 6.45) is 4.87. The standard InChI is InChI=1S/C21H23N3O/c25-21-20(24-14-8-1-2-9-15-24)19(16-10-4-3-5-11-16)22-17-12-6-7-13-18(17)23-21/h3-7,10-13,20H,1-2,8-9,14-15H2,(H,23,25)/p+1/t20-/m0/s1. The van der Waals surface area contributed by atoms with E-state index in [1.54, 1.807) is 0 Å². The van der Waals surface area contributed by atoms with Crippen LogP contribution in [0.25, 0.3) is 0 Å². The molecule has 0 unspecified atom stereocenters. The van der Waals surface area contributed by atoms with Crippen LogP contribution in [0.3, 0.4) is 0 Å². The van der Waals surface area contributed by atoms with Crippen LogP contribution in [0.5, 0.6) is 0 Å². The third-order valence-electron chi connectivity index (χ3n) is 5.16. The van der Waals surface area contributed by atoms with Crippen molar-refractivity contribution in [3.63, 3.8) is 0 Å². The van der Waals surface area contributed by atoms with Crippen molar-refractivity contribution in [3.8, 4) is 0 Å². The third-order valence-corrected chi connectivity index (χ3v) is 5.16. The third kappa shape index (κ3) is 3.35. The molecule has 4 rings (SSSR count). The molecule has 25 heavy (non-hydrogen) atoms. The number of fused-ring (bicyclic) bond motifs is 1. The predicted octanol–water partition coefficient (Wildman–Crippen LogP) is 2.59. The molecule has 1 amide bonds. The summed E-state index contributed by atoms with van der Waals surface area (Å²) in [5.74, 6) is 0.0597. The summed E-state index contributed by atoms with van der Waals surface area (Å²) >= 11 is 0. The number of carbonyl (C=O) groups excluding carboxylic acids is 1. The SMILES string of the molecule is O=C1Nc2ccccc2N=C(c2ccccc2)[C@@H]1[NH+]1CCCCCC1. The van der Waals surface area contributed by atoms with Crippen molar-refractivity contribution < 1.29 is 9.69 Å². The van der Waals surface area contributed by atoms with Crippen molar-refractivity contribution in [3.05, 3.63) is 60.2 Å². The van der Waals surface area contributed by atoms with Crippen LogP contribution in [0.1, 0.15) is 31.2 Å². The number of hydrogen-bond acceptors (Lipinski definition) is 2. The Balaban J connectivity index is 1.81. The molecule has 4 heteroatoms. The lowest BCUT2D eigenvalue weighted by atomic mass is 10.0. The maximum Gasteiger partial charge on any atom is 0.289 e. The summed E-state index contributed by atoms with van der Waals surface area (Å²) in [7, 11) is 0. The molecule has 1 atom stereocenters. The smallest absolute Gasteiger partial charge is 0.289 e. The fourth-order valence-electron chi connectivity index (χ4n) is 3.89. The molecule has 2 heterocycles. The van der Waals surface area contributed by atoms with Crippen LogP contribution in [0.2, 0.25) is 0 Å². The molecule has 0 saturated carbocycles. The van der Waals surface area contributed by atoms with E-state index in [0.29, 0.717) is 0 Å². The average molecular weight is 334 g/mol. The molecular formula is C21H24N3O+. The quantitative estimate of drug-likeness (QED) is 0.871. The van der Waals surface area contributed by atoms with E-state index in [9.17, 15) is 4.79 Å². The van der Waals surface area contributed by atoms with Crippen LogP contribution in [0, 0.1) is 0 Å². The van der Waals surface area contributed by atoms with Gasteiger partial charge in [-0.2, -0.15) is 0 Å². The highest BCUT2D eigenvalue weighted by atomic mass is 16.2. The number of para-hydroxylation sites is 2. The molecule has 0 spiro atoms. The zero-order valence-electron chi connectivity index (χ0n) is 14.4. The Hall–Kier alpha value is -2.46. The monoisotopic (exact) mass is 334 g/mol. The normalized spacial score (nSPS) is 21.5. The lowest BCUT2D eigenvalue weighted by molar-refractivity contribution is -0.904. The number of anilines is 1. The molecule has 2 N–H and O–H groups in total. The van der Waals surface area contributed by atoms with Gasteiger partial charge in [-0.3, -0.25) is 4.79 Å². The minimum atomic E-state index is -0.257. The Morgan fingerprint density at radius 1 is 0.880 bits per heavy atom. The second kappa shape index (κ2) is 7.19. The first-order valence-electron chi connectivity index (χ1n) is 9.21. The Morgan fingerprint density at radius 2 is 1.56 bits per heavy atom. The number of quaternary nitrogens is 1. The number of carbonyl (C=O) groups is 1. The number of likely N-dealkylation sites (tertiary alicyclic amines) is 1. The van der Waals surface area contributed by atoms with Gasteiger partial charge in [-0.15, -0.1) is 0 Å². The van der Waals surface area contributed by atoms with Crippen molar-refractivity contribution in [1.82, 2.24) is 0 Å². The van der Waals surface area contributed by atoms with Gasteiger partial charge in [-0.1, -0.05) is 42.5 Å². The van der Waals surface area contributed by atoms with Crippen molar-refractivity contribution in [2.24, 2.45) is 4.99 Å². The van der Waals surface area contributed by atoms with E-state index in [1.165, 1.54) is 30.6 Å². The Bertz CT molecular complexity index is 777. The van der Waals surface area contributed by atoms with Crippen LogP contribution >= 0.6 is 0 Å². The Labute approximate surface area is 148 Å². The highest BCUT2D eigenvalue weighted by Crippen LogP contribution is 2.28. The fourth-order valence-corrected chi connectivity index (χ4v) is 3.89. The van der Waals surface area contributed by atoms with Gasteiger partial charge in [0.1, 0.15) is 5.71 Å². The molecule has 2 aromatic carbocycles. The van der Waals surface area contributed by atoms with Crippen molar-refractivity contribution in [2.75, 3.05) is 18.4 Å². The van der Waals surface area contributed by atoms with Gasteiger partial charge in [0.05, 0.1) is 24.5 Å². The van der Waals surface area contributed by atoms with Gasteiger partial charge in [-0.25, -0.2) is 4.99 Å². The van der Waals surface area contributed by atoms with E-state index in [0.717, 1.165) is 35.7 Å². The first kappa shape index (κ1) is 16.0. The zero-order valence-corrected chi connectivity index (χ0v) is 14.4. The highest BCUT2D eigenvalue weighted by molar-refractivity contribution is 6.21. The van der Waals surface area contributed by atoms with E-state index in [1.807, 2.05) is 42.5 Å². The number of hydrogen-bond donors (Lipinski definition) is 2. The molecule has 1 saturated heterocycles. The largest absolute Gasteiger partial charge is 0.320 e. The fraction of sp³-hybridized carbons (Fsp3) is 0.333. The Morgan fingerprint density at radius 3 is 2.32 bits per heavy atom. The molecule has 128 valence electrons. The van der Waals surface area contributed by atoms with E-state index in [4.69, 9.17) is 4.99 Å². The summed E-state index contributed by atoms with van der Waals surface area (Å²) in [6, 6.07) is 17.7. The number of nitrogens with one attached hydrogen (secondary N) is 2. The van der Waals surface area contributed by atoms with Gasteiger partial charge in [-0.05, 0) is 37.8 Å². The molecule has 0 aliphatic carbocycles. The number of benzene rings is 2. The molecule has 1 fully saturated rings. The summed E-state index contributed by atoms with van der Waals surface area (Å²) in [4.78, 5) is 19.5. The molecule has 0 bridgehead atoms. The van der Waals surface area contributed by atoms with Gasteiger partial charge in [0.2, 0.25) is 6.04 Å². The van der Waals surface area contributed by atoms with Crippen LogP contribution < -0.4 is 10.2 Å². The Kier molecular flexibility index (Phi) is 4.61. The number of nitrogens with zero attached hydrogens (tertiary/aromatic N) is 1. The zero-order chi connectivity index (χ0) is 17.1. The topological polar surface area (TPSA) is 45.9 Å². The van der Waals surface area contributed by atoms with E-state index in [2.05, 4.69) is 17.4 Å². The first-order chi connectivity index (χ1) is 12.3. The number of amides is 1. The second-order valence-electron chi connectivity index (χ2n) is 6.87. The van der Waals surface area contributed by atoms with E-state index < -0.39 is 0 Å². The van der Waals surface area contributed by atoms with Crippen molar-refractivity contribution >= 4 is 23.0 Å². The molecule has 4 nitrogen and oxygen atoms in total. The molecule has 0 aromatic heterocycles. The average Bonchev–Trinajstić information content (AvgIpc) is 2.99. The minimum absolute atomic E-state index is 0.0597. The number of aliphatic imine (C=N–C) groups is 1. The summed E-state index contributed by atoms with van der Waals surface area (Å²) < 4.78 is 0. The van der Waals surface area contributed by atoms with Crippen molar-refractivity contribution in [2.45, 2.75) is 31.7 Å². The van der Waals surface area contributed by atoms with Gasteiger partial charge < -0.3 is 10.2 Å². The molecular weight excluding hydrogens is 310 g/mol. The lowest BCUT2D eigenvalue weighted by Gasteiger charge is -2.26. The van der Waals surface area contributed by atoms with Crippen LogP contribution in [-0.2, 0) is 4.79 Å². The van der Waals surface area contributed by atoms with Gasteiger partial charge in [0, 0.05) is 5.56 Å². The lowest BCUT2D eigenvalue weighted by Crippen LogP contribution is -3.18. The maximum atomic E-state index is 13.2. The molecule has 2 aliphatic rings. The van der Waals surface area contributed by atoms with E-state index >= 15 is 0 Å². The summed E-state index contributed by atoms with van der Waals surface area (Å²) in [5.41, 5.74) is 3.57.